The monoisotopic (exact) mass is 338 g/mol. The standard InChI is InChI=1S/C16H18O8/c1-21-11-4-8-2-3-12(19)23-15(8)16(14(11)20)24-13-6-9(18)5-10(7-17)22-13/h2-4,9-10,13,17-18,20H,5-7H2,1H3. The topological polar surface area (TPSA) is 119 Å². The molecule has 0 amide bonds. The summed E-state index contributed by atoms with van der Waals surface area (Å²) in [6.45, 7) is -0.267. The molecule has 1 aromatic heterocycles. The second-order valence-corrected chi connectivity index (χ2v) is 5.54. The van der Waals surface area contributed by atoms with E-state index >= 15 is 0 Å². The van der Waals surface area contributed by atoms with Crippen LogP contribution in [-0.2, 0) is 4.74 Å². The minimum Gasteiger partial charge on any atom is -0.502 e. The second kappa shape index (κ2) is 6.68. The van der Waals surface area contributed by atoms with Crippen molar-refractivity contribution < 1.29 is 33.9 Å². The van der Waals surface area contributed by atoms with Gasteiger partial charge in [0.1, 0.15) is 0 Å². The van der Waals surface area contributed by atoms with Crippen LogP contribution in [-0.4, -0.2) is 47.5 Å². The van der Waals surface area contributed by atoms with Crippen molar-refractivity contribution in [2.75, 3.05) is 13.7 Å². The molecule has 8 heteroatoms. The third kappa shape index (κ3) is 3.16. The zero-order valence-corrected chi connectivity index (χ0v) is 13.0. The van der Waals surface area contributed by atoms with Crippen molar-refractivity contribution in [2.24, 2.45) is 0 Å². The first kappa shape index (κ1) is 16.6. The van der Waals surface area contributed by atoms with Gasteiger partial charge in [-0.1, -0.05) is 0 Å². The van der Waals surface area contributed by atoms with Crippen LogP contribution in [0.2, 0.25) is 0 Å². The Labute approximate surface area is 136 Å². The van der Waals surface area contributed by atoms with Gasteiger partial charge in [0.05, 0.1) is 25.9 Å². The molecule has 3 N–H and O–H groups in total. The Balaban J connectivity index is 2.02. The highest BCUT2D eigenvalue weighted by Gasteiger charge is 2.31. The van der Waals surface area contributed by atoms with E-state index < -0.39 is 24.1 Å². The third-order valence-corrected chi connectivity index (χ3v) is 3.82. The summed E-state index contributed by atoms with van der Waals surface area (Å²) in [5, 5.41) is 29.9. The predicted octanol–water partition coefficient (Wildman–Crippen LogP) is 0.744. The van der Waals surface area contributed by atoms with Gasteiger partial charge in [0, 0.05) is 24.3 Å². The molecule has 1 aromatic carbocycles. The number of benzene rings is 1. The minimum atomic E-state index is -0.919. The van der Waals surface area contributed by atoms with Crippen molar-refractivity contribution in [3.8, 4) is 17.2 Å². The summed E-state index contributed by atoms with van der Waals surface area (Å²) in [5.74, 6) is -0.317. The number of phenolic OH excluding ortho intramolecular Hbond substituents is 1. The lowest BCUT2D eigenvalue weighted by atomic mass is 10.1. The molecule has 2 aromatic rings. The smallest absolute Gasteiger partial charge is 0.336 e. The Morgan fingerprint density at radius 1 is 1.33 bits per heavy atom. The van der Waals surface area contributed by atoms with E-state index in [1.54, 1.807) is 0 Å². The average Bonchev–Trinajstić information content (AvgIpc) is 2.57. The van der Waals surface area contributed by atoms with Gasteiger partial charge < -0.3 is 33.9 Å². The molecule has 0 spiro atoms. The van der Waals surface area contributed by atoms with E-state index in [-0.39, 0.29) is 42.3 Å². The molecule has 1 aliphatic rings. The van der Waals surface area contributed by atoms with Crippen LogP contribution < -0.4 is 15.1 Å². The van der Waals surface area contributed by atoms with Crippen LogP contribution in [0, 0.1) is 0 Å². The normalized spacial score (nSPS) is 24.0. The van der Waals surface area contributed by atoms with Gasteiger partial charge in [-0.15, -0.1) is 0 Å². The lowest BCUT2D eigenvalue weighted by Crippen LogP contribution is -2.40. The van der Waals surface area contributed by atoms with E-state index in [2.05, 4.69) is 0 Å². The lowest BCUT2D eigenvalue weighted by Gasteiger charge is -2.32. The SMILES string of the molecule is COc1cc2ccc(=O)oc2c(OC2CC(O)CC(CO)O2)c1O. The maximum Gasteiger partial charge on any atom is 0.336 e. The molecule has 24 heavy (non-hydrogen) atoms. The summed E-state index contributed by atoms with van der Waals surface area (Å²) in [6.07, 6.45) is -1.78. The molecule has 3 atom stereocenters. The fraction of sp³-hybridized carbons (Fsp3) is 0.438. The van der Waals surface area contributed by atoms with Crippen molar-refractivity contribution in [1.82, 2.24) is 0 Å². The van der Waals surface area contributed by atoms with Crippen LogP contribution in [0.4, 0.5) is 0 Å². The maximum atomic E-state index is 11.5. The van der Waals surface area contributed by atoms with Gasteiger partial charge >= 0.3 is 5.63 Å². The number of fused-ring (bicyclic) bond motifs is 1. The molecule has 0 radical (unpaired) electrons. The predicted molar refractivity (Wildman–Crippen MR) is 82.3 cm³/mol. The highest BCUT2D eigenvalue weighted by Crippen LogP contribution is 2.43. The van der Waals surface area contributed by atoms with E-state index in [0.29, 0.717) is 5.39 Å². The van der Waals surface area contributed by atoms with E-state index in [1.807, 2.05) is 0 Å². The van der Waals surface area contributed by atoms with Gasteiger partial charge in [0.15, 0.2) is 11.3 Å². The van der Waals surface area contributed by atoms with Crippen LogP contribution in [0.5, 0.6) is 17.2 Å². The van der Waals surface area contributed by atoms with Crippen LogP contribution in [0.25, 0.3) is 11.0 Å². The van der Waals surface area contributed by atoms with Gasteiger partial charge in [0.2, 0.25) is 17.8 Å². The maximum absolute atomic E-state index is 11.5. The first-order valence-corrected chi connectivity index (χ1v) is 7.46. The highest BCUT2D eigenvalue weighted by molar-refractivity contribution is 5.87. The van der Waals surface area contributed by atoms with E-state index in [1.165, 1.54) is 25.3 Å². The number of phenols is 1. The quantitative estimate of drug-likeness (QED) is 0.699. The number of methoxy groups -OCH3 is 1. The zero-order valence-electron chi connectivity index (χ0n) is 13.0. The summed E-state index contributed by atoms with van der Waals surface area (Å²) < 4.78 is 21.4. The first-order chi connectivity index (χ1) is 11.5. The van der Waals surface area contributed by atoms with E-state index in [4.69, 9.17) is 18.6 Å². The Morgan fingerprint density at radius 3 is 2.83 bits per heavy atom. The molecule has 8 nitrogen and oxygen atoms in total. The fourth-order valence-corrected chi connectivity index (χ4v) is 2.68. The Hall–Kier alpha value is -2.29. The molecule has 0 saturated carbocycles. The van der Waals surface area contributed by atoms with Gasteiger partial charge in [-0.3, -0.25) is 0 Å². The van der Waals surface area contributed by atoms with Crippen molar-refractivity contribution in [2.45, 2.75) is 31.3 Å². The Bertz CT molecular complexity index is 783. The molecular weight excluding hydrogens is 320 g/mol. The zero-order chi connectivity index (χ0) is 17.3. The van der Waals surface area contributed by atoms with Crippen LogP contribution in [0.3, 0.4) is 0 Å². The highest BCUT2D eigenvalue weighted by atomic mass is 16.7. The summed E-state index contributed by atoms with van der Waals surface area (Å²) >= 11 is 0. The van der Waals surface area contributed by atoms with E-state index in [9.17, 15) is 20.1 Å². The molecule has 1 aliphatic heterocycles. The molecule has 1 saturated heterocycles. The van der Waals surface area contributed by atoms with Gasteiger partial charge in [-0.2, -0.15) is 0 Å². The van der Waals surface area contributed by atoms with Crippen LogP contribution in [0.1, 0.15) is 12.8 Å². The summed E-state index contributed by atoms with van der Waals surface area (Å²) in [4.78, 5) is 11.5. The second-order valence-electron chi connectivity index (χ2n) is 5.54. The van der Waals surface area contributed by atoms with Crippen LogP contribution in [0.15, 0.2) is 27.4 Å². The van der Waals surface area contributed by atoms with Gasteiger partial charge in [-0.05, 0) is 12.1 Å². The molecule has 2 heterocycles. The molecule has 0 aliphatic carbocycles. The molecule has 3 unspecified atom stereocenters. The first-order valence-electron chi connectivity index (χ1n) is 7.46. The number of hydrogen-bond acceptors (Lipinski definition) is 8. The molecule has 130 valence electrons. The number of ether oxygens (including phenoxy) is 3. The molecular formula is C16H18O8. The van der Waals surface area contributed by atoms with Crippen molar-refractivity contribution in [3.63, 3.8) is 0 Å². The third-order valence-electron chi connectivity index (χ3n) is 3.82. The summed E-state index contributed by atoms with van der Waals surface area (Å²) in [7, 11) is 1.38. The number of rotatable bonds is 4. The average molecular weight is 338 g/mol. The number of hydrogen-bond donors (Lipinski definition) is 3. The van der Waals surface area contributed by atoms with E-state index in [0.717, 1.165) is 0 Å². The van der Waals surface area contributed by atoms with Gasteiger partial charge in [-0.25, -0.2) is 4.79 Å². The number of aliphatic hydroxyl groups is 2. The van der Waals surface area contributed by atoms with Gasteiger partial charge in [0.25, 0.3) is 0 Å². The largest absolute Gasteiger partial charge is 0.502 e. The Morgan fingerprint density at radius 2 is 2.12 bits per heavy atom. The molecule has 3 rings (SSSR count). The summed E-state index contributed by atoms with van der Waals surface area (Å²) in [6, 6.07) is 4.27. The Kier molecular flexibility index (Phi) is 4.61. The van der Waals surface area contributed by atoms with Crippen molar-refractivity contribution in [1.29, 1.82) is 0 Å². The molecule has 1 fully saturated rings. The lowest BCUT2D eigenvalue weighted by molar-refractivity contribution is -0.184. The van der Waals surface area contributed by atoms with Crippen molar-refractivity contribution in [3.05, 3.63) is 28.6 Å². The fourth-order valence-electron chi connectivity index (χ4n) is 2.68. The minimum absolute atomic E-state index is 0.0463. The molecule has 0 bridgehead atoms. The number of aliphatic hydroxyl groups excluding tert-OH is 2. The van der Waals surface area contributed by atoms with Crippen molar-refractivity contribution >= 4 is 11.0 Å². The van der Waals surface area contributed by atoms with Crippen LogP contribution >= 0.6 is 0 Å². The summed E-state index contributed by atoms with van der Waals surface area (Å²) in [5.41, 5.74) is -0.556. The number of aromatic hydroxyl groups is 1.